The number of esters is 1. The van der Waals surface area contributed by atoms with Crippen LogP contribution in [0.2, 0.25) is 0 Å². The summed E-state index contributed by atoms with van der Waals surface area (Å²) < 4.78 is 5.30. The van der Waals surface area contributed by atoms with Crippen molar-refractivity contribution in [3.8, 4) is 5.75 Å². The Kier molecular flexibility index (Phi) is 6.21. The molecule has 2 heterocycles. The van der Waals surface area contributed by atoms with Gasteiger partial charge in [-0.2, -0.15) is 5.10 Å². The van der Waals surface area contributed by atoms with E-state index in [1.165, 1.54) is 29.3 Å². The molecule has 30 heavy (non-hydrogen) atoms. The van der Waals surface area contributed by atoms with Crippen molar-refractivity contribution in [2.24, 2.45) is 5.10 Å². The van der Waals surface area contributed by atoms with Gasteiger partial charge in [-0.3, -0.25) is 4.79 Å². The minimum absolute atomic E-state index is 0.189. The second kappa shape index (κ2) is 9.38. The van der Waals surface area contributed by atoms with Crippen LogP contribution in [0.4, 0.5) is 0 Å². The van der Waals surface area contributed by atoms with Crippen LogP contribution in [0, 0.1) is 0 Å². The second-order valence-corrected chi connectivity index (χ2v) is 7.99. The number of hydrogen-bond donors (Lipinski definition) is 2. The molecule has 0 unspecified atom stereocenters. The lowest BCUT2D eigenvalue weighted by molar-refractivity contribution is -0.118. The highest BCUT2D eigenvalue weighted by Crippen LogP contribution is 2.19. The van der Waals surface area contributed by atoms with Crippen molar-refractivity contribution >= 4 is 52.2 Å². The Hall–Kier alpha value is -3.43. The van der Waals surface area contributed by atoms with E-state index in [2.05, 4.69) is 20.5 Å². The van der Waals surface area contributed by atoms with E-state index >= 15 is 0 Å². The molecule has 2 aromatic heterocycles. The number of amides is 1. The topological polar surface area (TPSA) is 96.4 Å². The van der Waals surface area contributed by atoms with Crippen LogP contribution in [0.15, 0.2) is 76.3 Å². The lowest BCUT2D eigenvalue weighted by Gasteiger charge is -2.03. The predicted octanol–water partition coefficient (Wildman–Crippen LogP) is 4.09. The quantitative estimate of drug-likeness (QED) is 0.150. The van der Waals surface area contributed by atoms with Gasteiger partial charge in [-0.05, 0) is 53.4 Å². The van der Waals surface area contributed by atoms with Crippen LogP contribution >= 0.6 is 23.1 Å². The molecule has 0 bridgehead atoms. The molecule has 0 aliphatic heterocycles. The van der Waals surface area contributed by atoms with E-state index in [1.807, 2.05) is 29.6 Å². The number of hydrazone groups is 1. The number of hydrogen-bond acceptors (Lipinski definition) is 7. The Morgan fingerprint density at radius 2 is 1.97 bits per heavy atom. The Morgan fingerprint density at radius 3 is 2.73 bits per heavy atom. The number of benzene rings is 2. The minimum atomic E-state index is -0.388. The first-order valence-electron chi connectivity index (χ1n) is 8.92. The first-order valence-corrected chi connectivity index (χ1v) is 10.8. The summed E-state index contributed by atoms with van der Waals surface area (Å²) in [6, 6.07) is 18.0. The number of nitrogens with zero attached hydrogens (tertiary/aromatic N) is 2. The van der Waals surface area contributed by atoms with E-state index in [0.717, 1.165) is 16.6 Å². The number of fused-ring (bicyclic) bond motifs is 1. The molecule has 4 aromatic rings. The normalized spacial score (nSPS) is 11.1. The largest absolute Gasteiger partial charge is 0.422 e. The van der Waals surface area contributed by atoms with Crippen LogP contribution in [0.1, 0.15) is 15.2 Å². The fourth-order valence-electron chi connectivity index (χ4n) is 2.52. The second-order valence-electron chi connectivity index (χ2n) is 6.08. The number of thioether (sulfide) groups is 1. The Labute approximate surface area is 180 Å². The van der Waals surface area contributed by atoms with Crippen molar-refractivity contribution in [3.63, 3.8) is 0 Å². The molecule has 0 saturated heterocycles. The van der Waals surface area contributed by atoms with Crippen molar-refractivity contribution in [1.82, 2.24) is 15.4 Å². The monoisotopic (exact) mass is 436 g/mol. The molecular formula is C21H16N4O3S2. The molecule has 0 aliphatic carbocycles. The molecule has 0 fully saturated rings. The third-order valence-corrected chi connectivity index (χ3v) is 5.65. The average molecular weight is 437 g/mol. The van der Waals surface area contributed by atoms with Crippen molar-refractivity contribution in [2.45, 2.75) is 5.16 Å². The van der Waals surface area contributed by atoms with Crippen LogP contribution < -0.4 is 10.2 Å². The van der Waals surface area contributed by atoms with Crippen molar-refractivity contribution in [1.29, 1.82) is 0 Å². The van der Waals surface area contributed by atoms with E-state index in [4.69, 9.17) is 4.74 Å². The number of para-hydroxylation sites is 2. The van der Waals surface area contributed by atoms with Crippen LogP contribution in [-0.2, 0) is 4.79 Å². The fraction of sp³-hybridized carbons (Fsp3) is 0.0476. The number of ether oxygens (including phenoxy) is 1. The standard InChI is InChI=1S/C21H16N4O3S2/c26-19(13-30-21-23-16-4-1-2-5-17(16)24-21)25-22-12-14-7-9-15(10-8-14)28-20(27)18-6-3-11-29-18/h1-12H,13H2,(H,23,24)(H,25,26)/b22-12-. The SMILES string of the molecule is O=C(CSc1nc2ccccc2[nH]1)N/N=C\c1ccc(OC(=O)c2cccs2)cc1. The first-order chi connectivity index (χ1) is 14.7. The summed E-state index contributed by atoms with van der Waals surface area (Å²) in [5, 5.41) is 6.46. The van der Waals surface area contributed by atoms with Crippen LogP contribution in [0.25, 0.3) is 11.0 Å². The summed E-state index contributed by atoms with van der Waals surface area (Å²) in [5.41, 5.74) is 5.04. The first kappa shape index (κ1) is 19.9. The van der Waals surface area contributed by atoms with Gasteiger partial charge in [0, 0.05) is 0 Å². The summed E-state index contributed by atoms with van der Waals surface area (Å²) in [4.78, 5) is 32.0. The van der Waals surface area contributed by atoms with Crippen molar-refractivity contribution in [3.05, 3.63) is 76.5 Å². The lowest BCUT2D eigenvalue weighted by Crippen LogP contribution is -2.19. The molecule has 7 nitrogen and oxygen atoms in total. The smallest absolute Gasteiger partial charge is 0.353 e. The summed E-state index contributed by atoms with van der Waals surface area (Å²) in [6.45, 7) is 0. The Balaban J connectivity index is 1.24. The number of imidazole rings is 1. The molecule has 0 radical (unpaired) electrons. The van der Waals surface area contributed by atoms with Gasteiger partial charge in [0.1, 0.15) is 10.6 Å². The molecular weight excluding hydrogens is 420 g/mol. The molecule has 0 saturated carbocycles. The number of H-pyrrole nitrogens is 1. The Morgan fingerprint density at radius 1 is 1.13 bits per heavy atom. The molecule has 0 aliphatic rings. The van der Waals surface area contributed by atoms with Crippen LogP contribution in [-0.4, -0.2) is 33.8 Å². The maximum absolute atomic E-state index is 12.0. The molecule has 1 amide bonds. The van der Waals surface area contributed by atoms with Gasteiger partial charge in [0.2, 0.25) is 0 Å². The zero-order valence-electron chi connectivity index (χ0n) is 15.6. The molecule has 4 rings (SSSR count). The number of carbonyl (C=O) groups excluding carboxylic acids is 2. The minimum Gasteiger partial charge on any atom is -0.422 e. The maximum Gasteiger partial charge on any atom is 0.353 e. The molecule has 0 spiro atoms. The molecule has 0 atom stereocenters. The predicted molar refractivity (Wildman–Crippen MR) is 118 cm³/mol. The van der Waals surface area contributed by atoms with Gasteiger partial charge in [-0.25, -0.2) is 15.2 Å². The number of carbonyl (C=O) groups is 2. The fourth-order valence-corrected chi connectivity index (χ4v) is 3.79. The summed E-state index contributed by atoms with van der Waals surface area (Å²) in [7, 11) is 0. The molecule has 150 valence electrons. The summed E-state index contributed by atoms with van der Waals surface area (Å²) >= 11 is 2.63. The summed E-state index contributed by atoms with van der Waals surface area (Å²) in [6.07, 6.45) is 1.52. The number of nitrogens with one attached hydrogen (secondary N) is 2. The Bertz CT molecular complexity index is 1150. The van der Waals surface area contributed by atoms with E-state index in [1.54, 1.807) is 36.4 Å². The van der Waals surface area contributed by atoms with Gasteiger partial charge < -0.3 is 9.72 Å². The van der Waals surface area contributed by atoms with Gasteiger partial charge >= 0.3 is 5.97 Å². The number of aromatic nitrogens is 2. The van der Waals surface area contributed by atoms with Crippen molar-refractivity contribution in [2.75, 3.05) is 5.75 Å². The highest BCUT2D eigenvalue weighted by Gasteiger charge is 2.09. The third-order valence-electron chi connectivity index (χ3n) is 3.92. The highest BCUT2D eigenvalue weighted by molar-refractivity contribution is 7.99. The van der Waals surface area contributed by atoms with Crippen LogP contribution in [0.3, 0.4) is 0 Å². The highest BCUT2D eigenvalue weighted by atomic mass is 32.2. The third kappa shape index (κ3) is 5.13. The van der Waals surface area contributed by atoms with Crippen molar-refractivity contribution < 1.29 is 14.3 Å². The van der Waals surface area contributed by atoms with Gasteiger partial charge in [-0.15, -0.1) is 11.3 Å². The molecule has 9 heteroatoms. The number of thiophene rings is 1. The van der Waals surface area contributed by atoms with Crippen LogP contribution in [0.5, 0.6) is 5.75 Å². The van der Waals surface area contributed by atoms with Gasteiger partial charge in [0.15, 0.2) is 5.16 Å². The van der Waals surface area contributed by atoms with E-state index < -0.39 is 0 Å². The maximum atomic E-state index is 12.0. The lowest BCUT2D eigenvalue weighted by atomic mass is 10.2. The molecule has 2 N–H and O–H groups in total. The zero-order valence-corrected chi connectivity index (χ0v) is 17.2. The van der Waals surface area contributed by atoms with Gasteiger partial charge in [0.05, 0.1) is 23.0 Å². The number of aromatic amines is 1. The summed E-state index contributed by atoms with van der Waals surface area (Å²) in [5.74, 6) is 0.00468. The molecule has 2 aromatic carbocycles. The number of rotatable bonds is 7. The van der Waals surface area contributed by atoms with E-state index in [0.29, 0.717) is 15.8 Å². The van der Waals surface area contributed by atoms with E-state index in [9.17, 15) is 9.59 Å². The zero-order chi connectivity index (χ0) is 20.8. The van der Waals surface area contributed by atoms with Gasteiger partial charge in [0.25, 0.3) is 5.91 Å². The van der Waals surface area contributed by atoms with E-state index in [-0.39, 0.29) is 17.6 Å². The van der Waals surface area contributed by atoms with Gasteiger partial charge in [-0.1, -0.05) is 30.0 Å². The average Bonchev–Trinajstić information content (AvgIpc) is 3.43.